The fourth-order valence-corrected chi connectivity index (χ4v) is 1.77. The average Bonchev–Trinajstić information content (AvgIpc) is 2.38. The topological polar surface area (TPSA) is 29.1 Å². The molecule has 1 atom stereocenters. The molecule has 0 heterocycles. The molecule has 1 aromatic rings. The molecule has 0 aliphatic rings. The number of nitrogens with one attached hydrogen (secondary N) is 1. The van der Waals surface area contributed by atoms with Crippen LogP contribution in [0, 0.1) is 0 Å². The van der Waals surface area contributed by atoms with Gasteiger partial charge in [0.15, 0.2) is 0 Å². The molecular formula is C14H20BrNO. The standard InChI is InChI=1S/C14H20BrNO/c1-3-11-5-7-12(8-6-11)14(17)16-10-9-13(15)4-2/h5-8,13H,3-4,9-10H2,1-2H3,(H,16,17). The first-order valence-corrected chi connectivity index (χ1v) is 7.10. The fourth-order valence-electron chi connectivity index (χ4n) is 1.54. The number of halogens is 1. The van der Waals surface area contributed by atoms with Gasteiger partial charge in [-0.15, -0.1) is 0 Å². The Balaban J connectivity index is 2.41. The van der Waals surface area contributed by atoms with Crippen molar-refractivity contribution in [2.75, 3.05) is 6.54 Å². The maximum absolute atomic E-state index is 11.8. The second-order valence-electron chi connectivity index (χ2n) is 4.10. The zero-order chi connectivity index (χ0) is 12.7. The average molecular weight is 298 g/mol. The summed E-state index contributed by atoms with van der Waals surface area (Å²) >= 11 is 3.55. The summed E-state index contributed by atoms with van der Waals surface area (Å²) in [6.45, 7) is 4.96. The highest BCUT2D eigenvalue weighted by atomic mass is 79.9. The zero-order valence-electron chi connectivity index (χ0n) is 10.5. The van der Waals surface area contributed by atoms with Gasteiger partial charge in [-0.1, -0.05) is 41.9 Å². The van der Waals surface area contributed by atoms with Crippen LogP contribution < -0.4 is 5.32 Å². The third-order valence-electron chi connectivity index (χ3n) is 2.81. The van der Waals surface area contributed by atoms with Gasteiger partial charge in [-0.3, -0.25) is 4.79 Å². The number of hydrogen-bond acceptors (Lipinski definition) is 1. The van der Waals surface area contributed by atoms with Crippen LogP contribution in [-0.2, 0) is 6.42 Å². The van der Waals surface area contributed by atoms with Crippen LogP contribution in [0.15, 0.2) is 24.3 Å². The number of amides is 1. The summed E-state index contributed by atoms with van der Waals surface area (Å²) in [6.07, 6.45) is 3.06. The van der Waals surface area contributed by atoms with E-state index in [4.69, 9.17) is 0 Å². The summed E-state index contributed by atoms with van der Waals surface area (Å²) in [6, 6.07) is 7.79. The van der Waals surface area contributed by atoms with E-state index in [1.165, 1.54) is 5.56 Å². The quantitative estimate of drug-likeness (QED) is 0.800. The van der Waals surface area contributed by atoms with Gasteiger partial charge in [0.1, 0.15) is 0 Å². The van der Waals surface area contributed by atoms with Gasteiger partial charge in [-0.2, -0.15) is 0 Å². The smallest absolute Gasteiger partial charge is 0.251 e. The SMILES string of the molecule is CCc1ccc(C(=O)NCCC(Br)CC)cc1. The van der Waals surface area contributed by atoms with Gasteiger partial charge in [0.25, 0.3) is 5.91 Å². The second-order valence-corrected chi connectivity index (χ2v) is 5.40. The summed E-state index contributed by atoms with van der Waals surface area (Å²) in [5, 5.41) is 2.93. The molecule has 0 aliphatic carbocycles. The molecule has 0 radical (unpaired) electrons. The van der Waals surface area contributed by atoms with E-state index < -0.39 is 0 Å². The van der Waals surface area contributed by atoms with Crippen LogP contribution in [0.1, 0.15) is 42.6 Å². The van der Waals surface area contributed by atoms with E-state index in [1.807, 2.05) is 24.3 Å². The molecule has 1 aromatic carbocycles. The fraction of sp³-hybridized carbons (Fsp3) is 0.500. The van der Waals surface area contributed by atoms with E-state index in [-0.39, 0.29) is 5.91 Å². The van der Waals surface area contributed by atoms with Crippen LogP contribution in [0.5, 0.6) is 0 Å². The molecule has 1 amide bonds. The van der Waals surface area contributed by atoms with Gasteiger partial charge in [0.2, 0.25) is 0 Å². The Bertz CT molecular complexity index is 348. The Labute approximate surface area is 112 Å². The van der Waals surface area contributed by atoms with E-state index in [2.05, 4.69) is 35.1 Å². The van der Waals surface area contributed by atoms with Gasteiger partial charge < -0.3 is 5.32 Å². The van der Waals surface area contributed by atoms with Crippen LogP contribution in [-0.4, -0.2) is 17.3 Å². The number of carbonyl (C=O) groups excluding carboxylic acids is 1. The van der Waals surface area contributed by atoms with Gasteiger partial charge in [0.05, 0.1) is 0 Å². The Morgan fingerprint density at radius 2 is 1.94 bits per heavy atom. The molecular weight excluding hydrogens is 278 g/mol. The lowest BCUT2D eigenvalue weighted by Crippen LogP contribution is -2.25. The Morgan fingerprint density at radius 1 is 1.29 bits per heavy atom. The molecule has 0 saturated heterocycles. The number of hydrogen-bond donors (Lipinski definition) is 1. The molecule has 1 N–H and O–H groups in total. The summed E-state index contributed by atoms with van der Waals surface area (Å²) < 4.78 is 0. The summed E-state index contributed by atoms with van der Waals surface area (Å²) in [7, 11) is 0. The van der Waals surface area contributed by atoms with Crippen molar-refractivity contribution in [1.29, 1.82) is 0 Å². The maximum atomic E-state index is 11.8. The van der Waals surface area contributed by atoms with E-state index in [9.17, 15) is 4.79 Å². The number of alkyl halides is 1. The molecule has 0 fully saturated rings. The number of carbonyl (C=O) groups is 1. The monoisotopic (exact) mass is 297 g/mol. The maximum Gasteiger partial charge on any atom is 0.251 e. The molecule has 2 nitrogen and oxygen atoms in total. The van der Waals surface area contributed by atoms with Gasteiger partial charge in [0, 0.05) is 16.9 Å². The van der Waals surface area contributed by atoms with Crippen molar-refractivity contribution < 1.29 is 4.79 Å². The Kier molecular flexibility index (Phi) is 6.27. The molecule has 0 spiro atoms. The van der Waals surface area contributed by atoms with E-state index in [1.54, 1.807) is 0 Å². The zero-order valence-corrected chi connectivity index (χ0v) is 12.1. The largest absolute Gasteiger partial charge is 0.352 e. The van der Waals surface area contributed by atoms with Crippen LogP contribution >= 0.6 is 15.9 Å². The molecule has 0 bridgehead atoms. The highest BCUT2D eigenvalue weighted by molar-refractivity contribution is 9.09. The predicted octanol–water partition coefficient (Wildman–Crippen LogP) is 3.54. The van der Waals surface area contributed by atoms with Crippen molar-refractivity contribution in [2.45, 2.75) is 37.9 Å². The Hall–Kier alpha value is -0.830. The number of benzene rings is 1. The first kappa shape index (κ1) is 14.2. The lowest BCUT2D eigenvalue weighted by molar-refractivity contribution is 0.0953. The highest BCUT2D eigenvalue weighted by Gasteiger charge is 2.06. The summed E-state index contributed by atoms with van der Waals surface area (Å²) in [4.78, 5) is 12.3. The van der Waals surface area contributed by atoms with E-state index >= 15 is 0 Å². The van der Waals surface area contributed by atoms with Crippen LogP contribution in [0.2, 0.25) is 0 Å². The van der Waals surface area contributed by atoms with Crippen molar-refractivity contribution >= 4 is 21.8 Å². The third kappa shape index (κ3) is 4.90. The molecule has 0 aromatic heterocycles. The number of aryl methyl sites for hydroxylation is 1. The van der Waals surface area contributed by atoms with E-state index in [0.29, 0.717) is 4.83 Å². The first-order valence-electron chi connectivity index (χ1n) is 6.18. The van der Waals surface area contributed by atoms with Crippen molar-refractivity contribution in [3.8, 4) is 0 Å². The molecule has 0 aliphatic heterocycles. The lowest BCUT2D eigenvalue weighted by atomic mass is 10.1. The molecule has 0 saturated carbocycles. The third-order valence-corrected chi connectivity index (χ3v) is 3.92. The Morgan fingerprint density at radius 3 is 2.47 bits per heavy atom. The van der Waals surface area contributed by atoms with Crippen molar-refractivity contribution in [1.82, 2.24) is 5.32 Å². The molecule has 17 heavy (non-hydrogen) atoms. The minimum absolute atomic E-state index is 0.0171. The van der Waals surface area contributed by atoms with Gasteiger partial charge in [-0.25, -0.2) is 0 Å². The van der Waals surface area contributed by atoms with Crippen LogP contribution in [0.3, 0.4) is 0 Å². The van der Waals surface area contributed by atoms with Crippen molar-refractivity contribution in [3.63, 3.8) is 0 Å². The molecule has 94 valence electrons. The van der Waals surface area contributed by atoms with Gasteiger partial charge in [-0.05, 0) is 37.0 Å². The highest BCUT2D eigenvalue weighted by Crippen LogP contribution is 2.08. The summed E-state index contributed by atoms with van der Waals surface area (Å²) in [5.74, 6) is 0.0171. The van der Waals surface area contributed by atoms with Crippen LogP contribution in [0.25, 0.3) is 0 Å². The summed E-state index contributed by atoms with van der Waals surface area (Å²) in [5.41, 5.74) is 2.00. The lowest BCUT2D eigenvalue weighted by Gasteiger charge is -2.08. The normalized spacial score (nSPS) is 12.2. The minimum Gasteiger partial charge on any atom is -0.352 e. The van der Waals surface area contributed by atoms with E-state index in [0.717, 1.165) is 31.4 Å². The van der Waals surface area contributed by atoms with Crippen molar-refractivity contribution in [2.24, 2.45) is 0 Å². The van der Waals surface area contributed by atoms with Gasteiger partial charge >= 0.3 is 0 Å². The van der Waals surface area contributed by atoms with Crippen molar-refractivity contribution in [3.05, 3.63) is 35.4 Å². The molecule has 1 rings (SSSR count). The first-order chi connectivity index (χ1) is 8.17. The minimum atomic E-state index is 0.0171. The van der Waals surface area contributed by atoms with Crippen LogP contribution in [0.4, 0.5) is 0 Å². The number of rotatable bonds is 6. The molecule has 1 unspecified atom stereocenters. The molecule has 3 heteroatoms. The second kappa shape index (κ2) is 7.49. The predicted molar refractivity (Wildman–Crippen MR) is 75.8 cm³/mol.